The van der Waals surface area contributed by atoms with E-state index in [-0.39, 0.29) is 12.6 Å². The van der Waals surface area contributed by atoms with Gasteiger partial charge in [-0.25, -0.2) is 9.97 Å². The molecule has 4 nitrogen and oxygen atoms in total. The first-order chi connectivity index (χ1) is 7.31. The van der Waals surface area contributed by atoms with E-state index in [2.05, 4.69) is 9.97 Å². The van der Waals surface area contributed by atoms with E-state index in [1.54, 1.807) is 0 Å². The number of fused-ring (bicyclic) bond motifs is 1. The van der Waals surface area contributed by atoms with Gasteiger partial charge >= 0.3 is 0 Å². The summed E-state index contributed by atoms with van der Waals surface area (Å²) in [5.74, 6) is 0.884. The monoisotopic (exact) mass is 221 g/mol. The van der Waals surface area contributed by atoms with Crippen LogP contribution in [0.1, 0.15) is 0 Å². The third-order valence-electron chi connectivity index (χ3n) is 1.92. The SMILES string of the molecule is Nc1nc(SCCO)c2ccccc2n1. The van der Waals surface area contributed by atoms with E-state index in [1.807, 2.05) is 24.3 Å². The molecule has 0 aliphatic heterocycles. The molecule has 0 aliphatic carbocycles. The van der Waals surface area contributed by atoms with Crippen LogP contribution in [-0.4, -0.2) is 27.4 Å². The Hall–Kier alpha value is -1.33. The molecule has 0 spiro atoms. The third-order valence-corrected chi connectivity index (χ3v) is 2.89. The molecule has 0 unspecified atom stereocenters. The average molecular weight is 221 g/mol. The Morgan fingerprint density at radius 3 is 2.87 bits per heavy atom. The number of nitrogen functional groups attached to an aromatic ring is 1. The molecular weight excluding hydrogens is 210 g/mol. The average Bonchev–Trinajstić information content (AvgIpc) is 2.25. The number of nitrogens with two attached hydrogens (primary N) is 1. The Morgan fingerprint density at radius 2 is 2.07 bits per heavy atom. The fourth-order valence-corrected chi connectivity index (χ4v) is 2.09. The lowest BCUT2D eigenvalue weighted by Gasteiger charge is -2.04. The third kappa shape index (κ3) is 2.19. The second-order valence-corrected chi connectivity index (χ2v) is 4.06. The maximum absolute atomic E-state index is 8.77. The second kappa shape index (κ2) is 4.46. The molecule has 0 saturated heterocycles. The molecule has 0 saturated carbocycles. The fraction of sp³-hybridized carbons (Fsp3) is 0.200. The van der Waals surface area contributed by atoms with Gasteiger partial charge < -0.3 is 10.8 Å². The van der Waals surface area contributed by atoms with Crippen molar-refractivity contribution in [1.29, 1.82) is 0 Å². The van der Waals surface area contributed by atoms with Crippen LogP contribution in [0.25, 0.3) is 10.9 Å². The van der Waals surface area contributed by atoms with Crippen LogP contribution >= 0.6 is 11.8 Å². The summed E-state index contributed by atoms with van der Waals surface area (Å²) in [6, 6.07) is 7.70. The molecule has 2 aromatic rings. The highest BCUT2D eigenvalue weighted by Gasteiger charge is 2.05. The predicted octanol–water partition coefficient (Wildman–Crippen LogP) is 1.30. The molecule has 15 heavy (non-hydrogen) atoms. The van der Waals surface area contributed by atoms with E-state index in [9.17, 15) is 0 Å². The molecular formula is C10H11N3OS. The number of hydrogen-bond donors (Lipinski definition) is 2. The largest absolute Gasteiger partial charge is 0.396 e. The Balaban J connectivity index is 2.50. The minimum Gasteiger partial charge on any atom is -0.396 e. The summed E-state index contributed by atoms with van der Waals surface area (Å²) in [7, 11) is 0. The number of rotatable bonds is 3. The molecule has 5 heteroatoms. The number of aliphatic hydroxyl groups is 1. The lowest BCUT2D eigenvalue weighted by molar-refractivity contribution is 0.322. The Bertz CT molecular complexity index is 475. The first-order valence-electron chi connectivity index (χ1n) is 4.57. The molecule has 2 rings (SSSR count). The van der Waals surface area contributed by atoms with Crippen LogP contribution in [0.2, 0.25) is 0 Å². The van der Waals surface area contributed by atoms with Crippen molar-refractivity contribution in [2.45, 2.75) is 5.03 Å². The van der Waals surface area contributed by atoms with Gasteiger partial charge in [-0.2, -0.15) is 0 Å². The van der Waals surface area contributed by atoms with Crippen molar-refractivity contribution in [2.24, 2.45) is 0 Å². The van der Waals surface area contributed by atoms with Gasteiger partial charge in [-0.05, 0) is 6.07 Å². The van der Waals surface area contributed by atoms with Gasteiger partial charge in [0.2, 0.25) is 5.95 Å². The summed E-state index contributed by atoms with van der Waals surface area (Å²) < 4.78 is 0. The van der Waals surface area contributed by atoms with Crippen molar-refractivity contribution >= 4 is 28.6 Å². The van der Waals surface area contributed by atoms with E-state index in [0.717, 1.165) is 15.9 Å². The van der Waals surface area contributed by atoms with E-state index < -0.39 is 0 Å². The number of benzene rings is 1. The van der Waals surface area contributed by atoms with Crippen molar-refractivity contribution in [3.8, 4) is 0 Å². The molecule has 0 aliphatic rings. The van der Waals surface area contributed by atoms with Gasteiger partial charge in [0, 0.05) is 11.1 Å². The molecule has 0 atom stereocenters. The van der Waals surface area contributed by atoms with Gasteiger partial charge in [0.1, 0.15) is 5.03 Å². The number of para-hydroxylation sites is 1. The first-order valence-corrected chi connectivity index (χ1v) is 5.56. The van der Waals surface area contributed by atoms with E-state index in [0.29, 0.717) is 5.75 Å². The van der Waals surface area contributed by atoms with Gasteiger partial charge in [-0.3, -0.25) is 0 Å². The second-order valence-electron chi connectivity index (χ2n) is 2.98. The van der Waals surface area contributed by atoms with Gasteiger partial charge in [0.05, 0.1) is 12.1 Å². The van der Waals surface area contributed by atoms with Crippen LogP contribution in [0.4, 0.5) is 5.95 Å². The summed E-state index contributed by atoms with van der Waals surface area (Å²) in [6.45, 7) is 0.128. The van der Waals surface area contributed by atoms with Gasteiger partial charge in [0.15, 0.2) is 0 Å². The molecule has 0 amide bonds. The minimum absolute atomic E-state index is 0.128. The number of aliphatic hydroxyl groups excluding tert-OH is 1. The van der Waals surface area contributed by atoms with Crippen molar-refractivity contribution in [3.05, 3.63) is 24.3 Å². The normalized spacial score (nSPS) is 10.7. The number of anilines is 1. The highest BCUT2D eigenvalue weighted by molar-refractivity contribution is 7.99. The van der Waals surface area contributed by atoms with E-state index in [1.165, 1.54) is 11.8 Å². The maximum Gasteiger partial charge on any atom is 0.221 e. The molecule has 1 heterocycles. The summed E-state index contributed by atoms with van der Waals surface area (Å²) in [4.78, 5) is 8.29. The Kier molecular flexibility index (Phi) is 3.03. The highest BCUT2D eigenvalue weighted by Crippen LogP contribution is 2.25. The lowest BCUT2D eigenvalue weighted by atomic mass is 10.2. The topological polar surface area (TPSA) is 72.0 Å². The van der Waals surface area contributed by atoms with Gasteiger partial charge in [-0.1, -0.05) is 18.2 Å². The molecule has 0 fully saturated rings. The zero-order valence-corrected chi connectivity index (χ0v) is 8.87. The van der Waals surface area contributed by atoms with Gasteiger partial charge in [-0.15, -0.1) is 11.8 Å². The van der Waals surface area contributed by atoms with Crippen LogP contribution in [0.3, 0.4) is 0 Å². The summed E-state index contributed by atoms with van der Waals surface area (Å²) in [5, 5.41) is 10.6. The van der Waals surface area contributed by atoms with Crippen LogP contribution in [0, 0.1) is 0 Å². The molecule has 78 valence electrons. The predicted molar refractivity (Wildman–Crippen MR) is 61.8 cm³/mol. The van der Waals surface area contributed by atoms with Crippen LogP contribution in [0.5, 0.6) is 0 Å². The van der Waals surface area contributed by atoms with Crippen molar-refractivity contribution in [3.63, 3.8) is 0 Å². The quantitative estimate of drug-likeness (QED) is 0.603. The number of thioether (sulfide) groups is 1. The van der Waals surface area contributed by atoms with E-state index in [4.69, 9.17) is 10.8 Å². The van der Waals surface area contributed by atoms with Crippen LogP contribution in [-0.2, 0) is 0 Å². The molecule has 0 bridgehead atoms. The summed E-state index contributed by atoms with van der Waals surface area (Å²) >= 11 is 1.48. The molecule has 0 radical (unpaired) electrons. The van der Waals surface area contributed by atoms with Crippen molar-refractivity contribution in [1.82, 2.24) is 9.97 Å². The Labute approximate surface area is 91.5 Å². The molecule has 3 N–H and O–H groups in total. The lowest BCUT2D eigenvalue weighted by Crippen LogP contribution is -1.98. The standard InChI is InChI=1S/C10H11N3OS/c11-10-12-8-4-2-1-3-7(8)9(13-10)15-6-5-14/h1-4,14H,5-6H2,(H2,11,12,13). The fourth-order valence-electron chi connectivity index (χ4n) is 1.32. The smallest absolute Gasteiger partial charge is 0.221 e. The zero-order valence-electron chi connectivity index (χ0n) is 8.05. The number of aromatic nitrogens is 2. The van der Waals surface area contributed by atoms with Crippen LogP contribution < -0.4 is 5.73 Å². The minimum atomic E-state index is 0.128. The van der Waals surface area contributed by atoms with Crippen molar-refractivity contribution in [2.75, 3.05) is 18.1 Å². The zero-order chi connectivity index (χ0) is 10.7. The van der Waals surface area contributed by atoms with Gasteiger partial charge in [0.25, 0.3) is 0 Å². The highest BCUT2D eigenvalue weighted by atomic mass is 32.2. The maximum atomic E-state index is 8.77. The number of nitrogens with zero attached hydrogens (tertiary/aromatic N) is 2. The first kappa shape index (κ1) is 10.2. The van der Waals surface area contributed by atoms with Crippen LogP contribution in [0.15, 0.2) is 29.3 Å². The molecule has 1 aromatic carbocycles. The molecule has 1 aromatic heterocycles. The summed E-state index contributed by atoms with van der Waals surface area (Å²) in [6.07, 6.45) is 0. The number of hydrogen-bond acceptors (Lipinski definition) is 5. The summed E-state index contributed by atoms with van der Waals surface area (Å²) in [5.41, 5.74) is 6.44. The van der Waals surface area contributed by atoms with E-state index >= 15 is 0 Å². The Morgan fingerprint density at radius 1 is 1.27 bits per heavy atom. The van der Waals surface area contributed by atoms with Crippen molar-refractivity contribution < 1.29 is 5.11 Å².